The minimum Gasteiger partial charge on any atom is -0.348 e. The lowest BCUT2D eigenvalue weighted by Gasteiger charge is -2.17. The normalized spacial score (nSPS) is 15.8. The smallest absolute Gasteiger partial charge is 0.321 e. The van der Waals surface area contributed by atoms with Crippen molar-refractivity contribution in [2.45, 2.75) is 19.4 Å². The maximum Gasteiger partial charge on any atom is 0.321 e. The van der Waals surface area contributed by atoms with Gasteiger partial charge in [0.05, 0.1) is 0 Å². The molecule has 2 aromatic carbocycles. The van der Waals surface area contributed by atoms with E-state index in [1.165, 1.54) is 0 Å². The molecule has 0 unspecified atom stereocenters. The van der Waals surface area contributed by atoms with Gasteiger partial charge >= 0.3 is 12.1 Å². The number of nitrogens with zero attached hydrogens (tertiary/aromatic N) is 2. The van der Waals surface area contributed by atoms with E-state index >= 15 is 0 Å². The van der Waals surface area contributed by atoms with Crippen molar-refractivity contribution in [2.75, 3.05) is 36.4 Å². The summed E-state index contributed by atoms with van der Waals surface area (Å²) in [5, 5.41) is 8.57. The molecule has 2 heterocycles. The summed E-state index contributed by atoms with van der Waals surface area (Å²) < 4.78 is 0. The molecule has 0 atom stereocenters. The number of hydrogen-bond donors (Lipinski definition) is 3. The van der Waals surface area contributed by atoms with E-state index in [4.69, 9.17) is 0 Å². The topological polar surface area (TPSA) is 93.8 Å². The van der Waals surface area contributed by atoms with Gasteiger partial charge in [-0.3, -0.25) is 9.69 Å². The van der Waals surface area contributed by atoms with E-state index in [0.717, 1.165) is 31.5 Å². The van der Waals surface area contributed by atoms with E-state index in [2.05, 4.69) is 16.0 Å². The van der Waals surface area contributed by atoms with Crippen LogP contribution >= 0.6 is 0 Å². The van der Waals surface area contributed by atoms with Gasteiger partial charge in [-0.2, -0.15) is 0 Å². The molecule has 0 aliphatic carbocycles. The number of benzene rings is 2. The number of likely N-dealkylation sites (tertiary alicyclic amines) is 1. The maximum atomic E-state index is 12.6. The number of urea groups is 2. The van der Waals surface area contributed by atoms with Crippen LogP contribution in [0.5, 0.6) is 0 Å². The van der Waals surface area contributed by atoms with Gasteiger partial charge in [0.1, 0.15) is 0 Å². The van der Waals surface area contributed by atoms with Crippen molar-refractivity contribution < 1.29 is 14.4 Å². The van der Waals surface area contributed by atoms with Crippen molar-refractivity contribution in [3.05, 3.63) is 59.7 Å². The molecule has 4 rings (SSSR count). The van der Waals surface area contributed by atoms with Crippen molar-refractivity contribution in [3.63, 3.8) is 0 Å². The van der Waals surface area contributed by atoms with Gasteiger partial charge in [-0.05, 0) is 48.7 Å². The summed E-state index contributed by atoms with van der Waals surface area (Å²) >= 11 is 0. The lowest BCUT2D eigenvalue weighted by molar-refractivity contribution is 0.0951. The number of carbonyl (C=O) groups excluding carboxylic acids is 3. The highest BCUT2D eigenvalue weighted by Crippen LogP contribution is 2.19. The fourth-order valence-corrected chi connectivity index (χ4v) is 3.70. The second-order valence-corrected chi connectivity index (χ2v) is 7.44. The van der Waals surface area contributed by atoms with E-state index in [1.807, 2.05) is 35.2 Å². The number of anilines is 2. The fourth-order valence-electron chi connectivity index (χ4n) is 3.70. The van der Waals surface area contributed by atoms with Crippen LogP contribution in [0, 0.1) is 0 Å². The summed E-state index contributed by atoms with van der Waals surface area (Å²) in [4.78, 5) is 40.1. The van der Waals surface area contributed by atoms with Crippen molar-refractivity contribution in [3.8, 4) is 0 Å². The summed E-state index contributed by atoms with van der Waals surface area (Å²) in [6, 6.07) is 14.2. The molecule has 156 valence electrons. The molecule has 0 aromatic heterocycles. The van der Waals surface area contributed by atoms with Crippen LogP contribution in [0.4, 0.5) is 21.0 Å². The molecular formula is C22H25N5O3. The van der Waals surface area contributed by atoms with Crippen molar-refractivity contribution in [2.24, 2.45) is 0 Å². The number of hydrogen-bond acceptors (Lipinski definition) is 3. The third kappa shape index (κ3) is 4.53. The SMILES string of the molecule is O=C(NCc1cccc(NC(=O)N2CCCC2)c1)c1cccc(N2CCNC2=O)c1. The molecule has 2 aliphatic heterocycles. The van der Waals surface area contributed by atoms with Crippen LogP contribution in [-0.4, -0.2) is 49.0 Å². The third-order valence-corrected chi connectivity index (χ3v) is 5.30. The lowest BCUT2D eigenvalue weighted by Crippen LogP contribution is -2.32. The Morgan fingerprint density at radius 2 is 1.80 bits per heavy atom. The van der Waals surface area contributed by atoms with Crippen molar-refractivity contribution >= 4 is 29.3 Å². The average Bonchev–Trinajstić information content (AvgIpc) is 3.44. The molecule has 0 radical (unpaired) electrons. The van der Waals surface area contributed by atoms with Crippen LogP contribution in [0.25, 0.3) is 0 Å². The van der Waals surface area contributed by atoms with Gasteiger partial charge in [0.15, 0.2) is 0 Å². The standard InChI is InChI=1S/C22H25N5O3/c28-20(17-6-4-8-19(14-17)27-12-9-23-21(27)29)24-15-16-5-3-7-18(13-16)25-22(30)26-10-1-2-11-26/h3-8,13-14H,1-2,9-12,15H2,(H,23,29)(H,24,28)(H,25,30). The Bertz CT molecular complexity index is 955. The zero-order valence-electron chi connectivity index (χ0n) is 16.7. The highest BCUT2D eigenvalue weighted by atomic mass is 16.2. The Morgan fingerprint density at radius 1 is 1.00 bits per heavy atom. The highest BCUT2D eigenvalue weighted by Gasteiger charge is 2.22. The molecule has 8 heteroatoms. The summed E-state index contributed by atoms with van der Waals surface area (Å²) in [6.45, 7) is 3.10. The first kappa shape index (κ1) is 19.8. The molecule has 2 aliphatic rings. The van der Waals surface area contributed by atoms with E-state index in [9.17, 15) is 14.4 Å². The number of rotatable bonds is 5. The molecule has 0 spiro atoms. The van der Waals surface area contributed by atoms with Crippen molar-refractivity contribution in [1.82, 2.24) is 15.5 Å². The first-order chi connectivity index (χ1) is 14.6. The van der Waals surface area contributed by atoms with Gasteiger partial charge in [0.2, 0.25) is 0 Å². The molecule has 2 aromatic rings. The van der Waals surface area contributed by atoms with E-state index in [-0.39, 0.29) is 18.0 Å². The van der Waals surface area contributed by atoms with Crippen LogP contribution in [0.15, 0.2) is 48.5 Å². The molecule has 3 N–H and O–H groups in total. The molecule has 2 saturated heterocycles. The Kier molecular flexibility index (Phi) is 5.83. The summed E-state index contributed by atoms with van der Waals surface area (Å²) in [5.41, 5.74) is 2.79. The van der Waals surface area contributed by atoms with E-state index in [1.54, 1.807) is 23.1 Å². The number of carbonyl (C=O) groups is 3. The maximum absolute atomic E-state index is 12.6. The molecule has 8 nitrogen and oxygen atoms in total. The molecule has 2 fully saturated rings. The summed E-state index contributed by atoms with van der Waals surface area (Å²) in [6.07, 6.45) is 2.09. The van der Waals surface area contributed by atoms with Gasteiger partial charge in [-0.1, -0.05) is 18.2 Å². The molecule has 30 heavy (non-hydrogen) atoms. The summed E-state index contributed by atoms with van der Waals surface area (Å²) in [7, 11) is 0. The van der Waals surface area contributed by atoms with Crippen molar-refractivity contribution in [1.29, 1.82) is 0 Å². The average molecular weight is 407 g/mol. The Labute approximate surface area is 175 Å². The predicted molar refractivity (Wildman–Crippen MR) is 115 cm³/mol. The minimum absolute atomic E-state index is 0.0866. The van der Waals surface area contributed by atoms with Gasteiger partial charge < -0.3 is 20.9 Å². The van der Waals surface area contributed by atoms with E-state index < -0.39 is 0 Å². The van der Waals surface area contributed by atoms with Gasteiger partial charge in [-0.25, -0.2) is 9.59 Å². The quantitative estimate of drug-likeness (QED) is 0.711. The largest absolute Gasteiger partial charge is 0.348 e. The Hall–Kier alpha value is -3.55. The van der Waals surface area contributed by atoms with Gasteiger partial charge in [0, 0.05) is 49.7 Å². The summed E-state index contributed by atoms with van der Waals surface area (Å²) in [5.74, 6) is -0.219. The Morgan fingerprint density at radius 3 is 2.57 bits per heavy atom. The Balaban J connectivity index is 1.36. The minimum atomic E-state index is -0.219. The number of nitrogens with one attached hydrogen (secondary N) is 3. The van der Waals surface area contributed by atoms with Crippen LogP contribution < -0.4 is 20.9 Å². The first-order valence-electron chi connectivity index (χ1n) is 10.2. The van der Waals surface area contributed by atoms with Crippen LogP contribution in [0.3, 0.4) is 0 Å². The number of amides is 5. The second kappa shape index (κ2) is 8.86. The first-order valence-corrected chi connectivity index (χ1v) is 10.2. The van der Waals surface area contributed by atoms with Crippen LogP contribution in [-0.2, 0) is 6.54 Å². The monoisotopic (exact) mass is 407 g/mol. The van der Waals surface area contributed by atoms with Gasteiger partial charge in [-0.15, -0.1) is 0 Å². The lowest BCUT2D eigenvalue weighted by atomic mass is 10.1. The molecule has 0 bridgehead atoms. The fraction of sp³-hybridized carbons (Fsp3) is 0.318. The predicted octanol–water partition coefficient (Wildman–Crippen LogP) is 2.77. The van der Waals surface area contributed by atoms with Crippen LogP contribution in [0.2, 0.25) is 0 Å². The zero-order chi connectivity index (χ0) is 20.9. The third-order valence-electron chi connectivity index (χ3n) is 5.30. The van der Waals surface area contributed by atoms with Crippen LogP contribution in [0.1, 0.15) is 28.8 Å². The second-order valence-electron chi connectivity index (χ2n) is 7.44. The molecule has 5 amide bonds. The molecular weight excluding hydrogens is 382 g/mol. The van der Waals surface area contributed by atoms with Gasteiger partial charge in [0.25, 0.3) is 5.91 Å². The highest BCUT2D eigenvalue weighted by molar-refractivity contribution is 5.98. The van der Waals surface area contributed by atoms with E-state index in [0.29, 0.717) is 36.6 Å². The zero-order valence-corrected chi connectivity index (χ0v) is 16.7. The molecule has 0 saturated carbocycles.